The molecule has 1 aromatic heterocycles. The molecular weight excluding hydrogens is 192 g/mol. The van der Waals surface area contributed by atoms with Gasteiger partial charge in [0.05, 0.1) is 5.69 Å². The lowest BCUT2D eigenvalue weighted by molar-refractivity contribution is 0.315. The molecule has 0 saturated carbocycles. The largest absolute Gasteiger partial charge is 0.432 e. The Kier molecular flexibility index (Phi) is 2.93. The van der Waals surface area contributed by atoms with Crippen LogP contribution in [0.15, 0.2) is 10.7 Å². The molecule has 1 aromatic rings. The molecule has 1 unspecified atom stereocenters. The molecule has 0 aromatic carbocycles. The number of hydrogen-bond acceptors (Lipinski definition) is 5. The van der Waals surface area contributed by atoms with Gasteiger partial charge in [0.15, 0.2) is 0 Å². The average molecular weight is 210 g/mol. The summed E-state index contributed by atoms with van der Waals surface area (Å²) < 4.78 is 5.38. The van der Waals surface area contributed by atoms with E-state index in [0.29, 0.717) is 18.6 Å². The Morgan fingerprint density at radius 2 is 2.47 bits per heavy atom. The highest BCUT2D eigenvalue weighted by Gasteiger charge is 2.26. The van der Waals surface area contributed by atoms with E-state index in [1.54, 1.807) is 6.26 Å². The Morgan fingerprint density at radius 1 is 1.67 bits per heavy atom. The van der Waals surface area contributed by atoms with Gasteiger partial charge in [0, 0.05) is 25.7 Å². The predicted molar refractivity (Wildman–Crippen MR) is 58.7 cm³/mol. The van der Waals surface area contributed by atoms with Gasteiger partial charge in [0.2, 0.25) is 0 Å². The monoisotopic (exact) mass is 210 g/mol. The average Bonchev–Trinajstić information content (AvgIpc) is 2.86. The van der Waals surface area contributed by atoms with Crippen molar-refractivity contribution >= 4 is 6.01 Å². The summed E-state index contributed by atoms with van der Waals surface area (Å²) in [4.78, 5) is 8.73. The number of nitrogens with two attached hydrogens (primary N) is 1. The third-order valence-corrected chi connectivity index (χ3v) is 2.91. The Hall–Kier alpha value is -1.07. The summed E-state index contributed by atoms with van der Waals surface area (Å²) in [5, 5.41) is 0. The zero-order valence-corrected chi connectivity index (χ0v) is 9.31. The first kappa shape index (κ1) is 10.4. The van der Waals surface area contributed by atoms with E-state index in [4.69, 9.17) is 10.2 Å². The van der Waals surface area contributed by atoms with E-state index in [9.17, 15) is 0 Å². The summed E-state index contributed by atoms with van der Waals surface area (Å²) in [6.45, 7) is 2.43. The molecule has 1 saturated heterocycles. The molecule has 5 heteroatoms. The van der Waals surface area contributed by atoms with Gasteiger partial charge in [-0.15, -0.1) is 0 Å². The second-order valence-corrected chi connectivity index (χ2v) is 4.18. The highest BCUT2D eigenvalue weighted by Crippen LogP contribution is 2.21. The van der Waals surface area contributed by atoms with Crippen LogP contribution in [0.4, 0.5) is 6.01 Å². The van der Waals surface area contributed by atoms with Crippen LogP contribution < -0.4 is 10.6 Å². The predicted octanol–water partition coefficient (Wildman–Crippen LogP) is 0.274. The van der Waals surface area contributed by atoms with Gasteiger partial charge in [0.1, 0.15) is 6.26 Å². The Labute approximate surface area is 89.9 Å². The van der Waals surface area contributed by atoms with E-state index in [1.165, 1.54) is 0 Å². The van der Waals surface area contributed by atoms with Crippen molar-refractivity contribution < 1.29 is 4.42 Å². The molecule has 0 bridgehead atoms. The molecule has 1 aliphatic rings. The topological polar surface area (TPSA) is 58.5 Å². The SMILES string of the molecule is CN(C)C1CCN(c2nc(CN)co2)C1. The number of aromatic nitrogens is 1. The zero-order chi connectivity index (χ0) is 10.8. The van der Waals surface area contributed by atoms with Gasteiger partial charge in [0.25, 0.3) is 6.01 Å². The van der Waals surface area contributed by atoms with Gasteiger partial charge >= 0.3 is 0 Å². The van der Waals surface area contributed by atoms with Gasteiger partial charge in [-0.3, -0.25) is 0 Å². The second kappa shape index (κ2) is 4.20. The third kappa shape index (κ3) is 2.13. The first-order valence-corrected chi connectivity index (χ1v) is 5.26. The highest BCUT2D eigenvalue weighted by molar-refractivity contribution is 5.29. The van der Waals surface area contributed by atoms with Gasteiger partial charge < -0.3 is 20.0 Å². The van der Waals surface area contributed by atoms with Crippen LogP contribution in [0.5, 0.6) is 0 Å². The Bertz CT molecular complexity index is 323. The van der Waals surface area contributed by atoms with Crippen LogP contribution in [0.3, 0.4) is 0 Å². The molecule has 0 radical (unpaired) electrons. The number of oxazole rings is 1. The summed E-state index contributed by atoms with van der Waals surface area (Å²) in [5.41, 5.74) is 6.31. The smallest absolute Gasteiger partial charge is 0.297 e. The van der Waals surface area contributed by atoms with Crippen LogP contribution in [-0.4, -0.2) is 43.1 Å². The lowest BCUT2D eigenvalue weighted by Crippen LogP contribution is -2.31. The van der Waals surface area contributed by atoms with Gasteiger partial charge in [-0.1, -0.05) is 0 Å². The minimum absolute atomic E-state index is 0.439. The number of nitrogens with zero attached hydrogens (tertiary/aromatic N) is 3. The van der Waals surface area contributed by atoms with Crippen molar-refractivity contribution in [3.8, 4) is 0 Å². The lowest BCUT2D eigenvalue weighted by atomic mass is 10.2. The molecule has 0 spiro atoms. The number of rotatable bonds is 3. The first-order chi connectivity index (χ1) is 7.20. The number of likely N-dealkylation sites (N-methyl/N-ethyl adjacent to an activating group) is 1. The van der Waals surface area contributed by atoms with Crippen LogP contribution >= 0.6 is 0 Å². The Balaban J connectivity index is 2.01. The van der Waals surface area contributed by atoms with Crippen LogP contribution in [0, 0.1) is 0 Å². The zero-order valence-electron chi connectivity index (χ0n) is 9.31. The molecular formula is C10H18N4O. The van der Waals surface area contributed by atoms with Crippen LogP contribution in [0.2, 0.25) is 0 Å². The summed E-state index contributed by atoms with van der Waals surface area (Å²) >= 11 is 0. The molecule has 2 N–H and O–H groups in total. The van der Waals surface area contributed by atoms with Crippen molar-refractivity contribution in [1.82, 2.24) is 9.88 Å². The summed E-state index contributed by atoms with van der Waals surface area (Å²) in [5.74, 6) is 0. The quantitative estimate of drug-likeness (QED) is 0.776. The Morgan fingerprint density at radius 3 is 3.00 bits per heavy atom. The number of anilines is 1. The summed E-state index contributed by atoms with van der Waals surface area (Å²) in [6.07, 6.45) is 2.80. The van der Waals surface area contributed by atoms with Crippen molar-refractivity contribution in [2.75, 3.05) is 32.1 Å². The fourth-order valence-corrected chi connectivity index (χ4v) is 1.87. The highest BCUT2D eigenvalue weighted by atomic mass is 16.4. The molecule has 5 nitrogen and oxygen atoms in total. The van der Waals surface area contributed by atoms with Crippen molar-refractivity contribution in [2.24, 2.45) is 5.73 Å². The van der Waals surface area contributed by atoms with Crippen LogP contribution in [-0.2, 0) is 6.54 Å². The van der Waals surface area contributed by atoms with Crippen molar-refractivity contribution in [3.05, 3.63) is 12.0 Å². The van der Waals surface area contributed by atoms with E-state index in [0.717, 1.165) is 25.2 Å². The number of hydrogen-bond donors (Lipinski definition) is 1. The van der Waals surface area contributed by atoms with Crippen LogP contribution in [0.25, 0.3) is 0 Å². The molecule has 2 rings (SSSR count). The molecule has 1 atom stereocenters. The molecule has 15 heavy (non-hydrogen) atoms. The van der Waals surface area contributed by atoms with E-state index in [1.807, 2.05) is 0 Å². The molecule has 0 amide bonds. The van der Waals surface area contributed by atoms with Crippen molar-refractivity contribution in [1.29, 1.82) is 0 Å². The van der Waals surface area contributed by atoms with E-state index in [-0.39, 0.29) is 0 Å². The molecule has 1 aliphatic heterocycles. The minimum Gasteiger partial charge on any atom is -0.432 e. The maximum Gasteiger partial charge on any atom is 0.297 e. The standard InChI is InChI=1S/C10H18N4O/c1-13(2)9-3-4-14(6-9)10-12-8(5-11)7-15-10/h7,9H,3-6,11H2,1-2H3. The minimum atomic E-state index is 0.439. The van der Waals surface area contributed by atoms with Gasteiger partial charge in [-0.25, -0.2) is 0 Å². The lowest BCUT2D eigenvalue weighted by Gasteiger charge is -2.19. The molecule has 1 fully saturated rings. The van der Waals surface area contributed by atoms with E-state index in [2.05, 4.69) is 28.9 Å². The third-order valence-electron chi connectivity index (χ3n) is 2.91. The van der Waals surface area contributed by atoms with Crippen molar-refractivity contribution in [3.63, 3.8) is 0 Å². The molecule has 0 aliphatic carbocycles. The van der Waals surface area contributed by atoms with Crippen molar-refractivity contribution in [2.45, 2.75) is 19.0 Å². The second-order valence-electron chi connectivity index (χ2n) is 4.18. The van der Waals surface area contributed by atoms with Gasteiger partial charge in [-0.05, 0) is 20.5 Å². The maximum absolute atomic E-state index is 5.49. The van der Waals surface area contributed by atoms with E-state index < -0.39 is 0 Å². The molecule has 2 heterocycles. The normalized spacial score (nSPS) is 21.6. The van der Waals surface area contributed by atoms with E-state index >= 15 is 0 Å². The summed E-state index contributed by atoms with van der Waals surface area (Å²) in [6, 6.07) is 1.30. The molecule has 84 valence electrons. The van der Waals surface area contributed by atoms with Crippen LogP contribution in [0.1, 0.15) is 12.1 Å². The maximum atomic E-state index is 5.49. The first-order valence-electron chi connectivity index (χ1n) is 5.26. The summed E-state index contributed by atoms with van der Waals surface area (Å²) in [7, 11) is 4.21. The van der Waals surface area contributed by atoms with Gasteiger partial charge in [-0.2, -0.15) is 4.98 Å². The fourth-order valence-electron chi connectivity index (χ4n) is 1.87. The fraction of sp³-hybridized carbons (Fsp3) is 0.700.